The van der Waals surface area contributed by atoms with Crippen LogP contribution in [0.4, 0.5) is 0 Å². The molecular weight excluding hydrogens is 280 g/mol. The van der Waals surface area contributed by atoms with Gasteiger partial charge in [0.05, 0.1) is 5.92 Å². The highest BCUT2D eigenvalue weighted by Crippen LogP contribution is 2.20. The lowest BCUT2D eigenvalue weighted by Crippen LogP contribution is -2.33. The molecule has 110 valence electrons. The number of nitrogens with one attached hydrogen (secondary N) is 1. The summed E-state index contributed by atoms with van der Waals surface area (Å²) in [6.07, 6.45) is 0. The fourth-order valence-corrected chi connectivity index (χ4v) is 3.00. The summed E-state index contributed by atoms with van der Waals surface area (Å²) in [6.45, 7) is 1.85. The monoisotopic (exact) mass is 300 g/mol. The van der Waals surface area contributed by atoms with Gasteiger partial charge in [0, 0.05) is 11.5 Å². The summed E-state index contributed by atoms with van der Waals surface area (Å²) in [5.41, 5.74) is 5.77. The number of thioether (sulfide) groups is 1. The largest absolute Gasteiger partial charge is 0.294 e. The third kappa shape index (κ3) is 4.62. The van der Waals surface area contributed by atoms with E-state index in [2.05, 4.69) is 41.8 Å². The van der Waals surface area contributed by atoms with Gasteiger partial charge in [0.25, 0.3) is 0 Å². The minimum atomic E-state index is -0.221. The molecule has 1 unspecified atom stereocenters. The van der Waals surface area contributed by atoms with Crippen LogP contribution in [0.1, 0.15) is 29.5 Å². The number of nitrogens with two attached hydrogens (primary N) is 1. The van der Waals surface area contributed by atoms with Crippen molar-refractivity contribution in [2.45, 2.75) is 24.3 Å². The normalized spacial score (nSPS) is 11.9. The van der Waals surface area contributed by atoms with Crippen molar-refractivity contribution >= 4 is 17.7 Å². The van der Waals surface area contributed by atoms with E-state index in [4.69, 9.17) is 5.84 Å². The molecular formula is C17H20N2OS. The maximum Gasteiger partial charge on any atom is 0.241 e. The van der Waals surface area contributed by atoms with E-state index in [0.717, 1.165) is 17.1 Å². The molecule has 0 saturated heterocycles. The highest BCUT2D eigenvalue weighted by molar-refractivity contribution is 7.97. The van der Waals surface area contributed by atoms with Gasteiger partial charge in [0.15, 0.2) is 0 Å². The van der Waals surface area contributed by atoms with Crippen LogP contribution in [-0.2, 0) is 16.3 Å². The van der Waals surface area contributed by atoms with Gasteiger partial charge >= 0.3 is 0 Å². The van der Waals surface area contributed by atoms with Crippen molar-refractivity contribution in [2.75, 3.05) is 0 Å². The minimum Gasteiger partial charge on any atom is -0.294 e. The van der Waals surface area contributed by atoms with Gasteiger partial charge in [0.1, 0.15) is 0 Å². The summed E-state index contributed by atoms with van der Waals surface area (Å²) in [4.78, 5) is 11.5. The number of carbonyl (C=O) groups excluding carboxylic acids is 1. The van der Waals surface area contributed by atoms with E-state index in [1.165, 1.54) is 11.1 Å². The van der Waals surface area contributed by atoms with Crippen LogP contribution >= 0.6 is 11.8 Å². The fourth-order valence-electron chi connectivity index (χ4n) is 2.04. The summed E-state index contributed by atoms with van der Waals surface area (Å²) in [5.74, 6) is 6.74. The quantitative estimate of drug-likeness (QED) is 0.489. The molecule has 0 aliphatic heterocycles. The molecule has 1 atom stereocenters. The first-order valence-corrected chi connectivity index (χ1v) is 8.07. The van der Waals surface area contributed by atoms with Crippen LogP contribution < -0.4 is 11.3 Å². The molecule has 0 radical (unpaired) electrons. The molecule has 0 aliphatic carbocycles. The Labute approximate surface area is 129 Å². The molecule has 0 heterocycles. The molecule has 0 saturated carbocycles. The average molecular weight is 300 g/mol. The maximum absolute atomic E-state index is 11.5. The first kappa shape index (κ1) is 15.6. The summed E-state index contributed by atoms with van der Waals surface area (Å²) >= 11 is 1.89. The lowest BCUT2D eigenvalue weighted by Gasteiger charge is -2.10. The Morgan fingerprint density at radius 1 is 1.05 bits per heavy atom. The Balaban J connectivity index is 1.86. The van der Waals surface area contributed by atoms with Gasteiger partial charge in [-0.1, -0.05) is 54.6 Å². The molecule has 3 nitrogen and oxygen atoms in total. The van der Waals surface area contributed by atoms with Crippen molar-refractivity contribution < 1.29 is 4.79 Å². The molecule has 4 heteroatoms. The third-order valence-corrected chi connectivity index (χ3v) is 4.47. The van der Waals surface area contributed by atoms with Crippen LogP contribution in [0.25, 0.3) is 0 Å². The highest BCUT2D eigenvalue weighted by Gasteiger charge is 2.13. The Morgan fingerprint density at radius 2 is 1.62 bits per heavy atom. The average Bonchev–Trinajstić information content (AvgIpc) is 2.55. The molecule has 0 aromatic heterocycles. The number of amides is 1. The van der Waals surface area contributed by atoms with E-state index in [0.29, 0.717) is 0 Å². The minimum absolute atomic E-state index is 0.166. The Morgan fingerprint density at radius 3 is 2.19 bits per heavy atom. The lowest BCUT2D eigenvalue weighted by atomic mass is 9.99. The third-order valence-electron chi connectivity index (χ3n) is 3.40. The van der Waals surface area contributed by atoms with E-state index in [1.807, 2.05) is 36.9 Å². The number of rotatable bonds is 6. The zero-order valence-corrected chi connectivity index (χ0v) is 12.9. The Kier molecular flexibility index (Phi) is 5.84. The van der Waals surface area contributed by atoms with Crippen LogP contribution in [0.15, 0.2) is 54.6 Å². The standard InChI is InChI=1S/C17H20N2OS/c1-13(17(20)19-18)16-9-7-15(8-10-16)12-21-11-14-5-3-2-4-6-14/h2-10,13H,11-12,18H2,1H3,(H,19,20). The second-order valence-electron chi connectivity index (χ2n) is 4.95. The van der Waals surface area contributed by atoms with E-state index < -0.39 is 0 Å². The SMILES string of the molecule is CC(C(=O)NN)c1ccc(CSCc2ccccc2)cc1. The van der Waals surface area contributed by atoms with Crippen LogP contribution in [0.3, 0.4) is 0 Å². The predicted octanol–water partition coefficient (Wildman–Crippen LogP) is 3.21. The number of benzene rings is 2. The molecule has 2 rings (SSSR count). The summed E-state index contributed by atoms with van der Waals surface area (Å²) in [5, 5.41) is 0. The molecule has 0 fully saturated rings. The lowest BCUT2D eigenvalue weighted by molar-refractivity contribution is -0.122. The van der Waals surface area contributed by atoms with Crippen molar-refractivity contribution in [2.24, 2.45) is 5.84 Å². The van der Waals surface area contributed by atoms with Crippen molar-refractivity contribution in [3.05, 3.63) is 71.3 Å². The van der Waals surface area contributed by atoms with E-state index in [1.54, 1.807) is 0 Å². The van der Waals surface area contributed by atoms with Crippen molar-refractivity contribution in [3.8, 4) is 0 Å². The van der Waals surface area contributed by atoms with Crippen molar-refractivity contribution in [1.29, 1.82) is 0 Å². The molecule has 2 aromatic carbocycles. The van der Waals surface area contributed by atoms with E-state index in [9.17, 15) is 4.79 Å². The van der Waals surface area contributed by atoms with Crippen LogP contribution in [0, 0.1) is 0 Å². The van der Waals surface area contributed by atoms with E-state index in [-0.39, 0.29) is 11.8 Å². The zero-order valence-electron chi connectivity index (χ0n) is 12.1. The second-order valence-corrected chi connectivity index (χ2v) is 5.94. The van der Waals surface area contributed by atoms with Gasteiger partial charge < -0.3 is 0 Å². The van der Waals surface area contributed by atoms with Crippen LogP contribution in [0.5, 0.6) is 0 Å². The summed E-state index contributed by atoms with van der Waals surface area (Å²) < 4.78 is 0. The highest BCUT2D eigenvalue weighted by atomic mass is 32.2. The molecule has 21 heavy (non-hydrogen) atoms. The molecule has 0 spiro atoms. The topological polar surface area (TPSA) is 55.1 Å². The maximum atomic E-state index is 11.5. The van der Waals surface area contributed by atoms with Gasteiger partial charge in [-0.15, -0.1) is 0 Å². The molecule has 1 amide bonds. The summed E-state index contributed by atoms with van der Waals surface area (Å²) in [6, 6.07) is 18.6. The van der Waals surface area contributed by atoms with Gasteiger partial charge in [-0.2, -0.15) is 11.8 Å². The van der Waals surface area contributed by atoms with Crippen LogP contribution in [0.2, 0.25) is 0 Å². The number of hydrogen-bond acceptors (Lipinski definition) is 3. The molecule has 3 N–H and O–H groups in total. The predicted molar refractivity (Wildman–Crippen MR) is 88.6 cm³/mol. The number of carbonyl (C=O) groups is 1. The zero-order chi connectivity index (χ0) is 15.1. The van der Waals surface area contributed by atoms with Crippen LogP contribution in [-0.4, -0.2) is 5.91 Å². The Bertz CT molecular complexity index is 569. The molecule has 2 aromatic rings. The van der Waals surface area contributed by atoms with E-state index >= 15 is 0 Å². The van der Waals surface area contributed by atoms with Gasteiger partial charge in [-0.25, -0.2) is 5.84 Å². The smallest absolute Gasteiger partial charge is 0.241 e. The summed E-state index contributed by atoms with van der Waals surface area (Å²) in [7, 11) is 0. The van der Waals surface area contributed by atoms with Gasteiger partial charge in [-0.3, -0.25) is 10.2 Å². The van der Waals surface area contributed by atoms with Crippen molar-refractivity contribution in [3.63, 3.8) is 0 Å². The number of hydrazine groups is 1. The van der Waals surface area contributed by atoms with Crippen molar-refractivity contribution in [1.82, 2.24) is 5.43 Å². The first-order valence-electron chi connectivity index (χ1n) is 6.91. The molecule has 0 aliphatic rings. The van der Waals surface area contributed by atoms with Gasteiger partial charge in [-0.05, 0) is 23.6 Å². The Hall–Kier alpha value is -1.78. The second kappa shape index (κ2) is 7.86. The van der Waals surface area contributed by atoms with Gasteiger partial charge in [0.2, 0.25) is 5.91 Å². The number of hydrogen-bond donors (Lipinski definition) is 2. The first-order chi connectivity index (χ1) is 10.2. The fraction of sp³-hybridized carbons (Fsp3) is 0.235. The molecule has 0 bridgehead atoms.